The molecule has 0 saturated carbocycles. The molecule has 0 aliphatic rings. The highest BCUT2D eigenvalue weighted by Gasteiger charge is 1.96. The van der Waals surface area contributed by atoms with E-state index in [0.29, 0.717) is 11.9 Å². The summed E-state index contributed by atoms with van der Waals surface area (Å²) in [6.45, 7) is 2.13. The summed E-state index contributed by atoms with van der Waals surface area (Å²) in [6.07, 6.45) is 3.22. The van der Waals surface area contributed by atoms with Crippen LogP contribution in [0.4, 0.5) is 0 Å². The molecule has 2 N–H and O–H groups in total. The van der Waals surface area contributed by atoms with E-state index in [0.717, 1.165) is 19.3 Å². The Balaban J connectivity index is 0. The summed E-state index contributed by atoms with van der Waals surface area (Å²) in [5, 5.41) is 0. The second-order valence-corrected chi connectivity index (χ2v) is 2.40. The van der Waals surface area contributed by atoms with E-state index in [2.05, 4.69) is 6.92 Å². The second kappa shape index (κ2) is 8.54. The van der Waals surface area contributed by atoms with Crippen molar-refractivity contribution in [1.82, 2.24) is 0 Å². The fraction of sp³-hybridized carbons (Fsp3) is 1.00. The van der Waals surface area contributed by atoms with E-state index in [1.807, 2.05) is 0 Å². The molecule has 0 aliphatic heterocycles. The van der Waals surface area contributed by atoms with Crippen molar-refractivity contribution in [2.24, 2.45) is 5.73 Å². The Morgan fingerprint density at radius 3 is 2.33 bits per heavy atom. The van der Waals surface area contributed by atoms with Crippen molar-refractivity contribution < 1.29 is 0 Å². The molecule has 0 aromatic carbocycles. The Morgan fingerprint density at radius 1 is 1.44 bits per heavy atom. The van der Waals surface area contributed by atoms with Gasteiger partial charge in [0.15, 0.2) is 0 Å². The number of hydrogen-bond donors (Lipinski definition) is 1. The Kier molecular flexibility index (Phi) is 11.6. The lowest BCUT2D eigenvalue weighted by Gasteiger charge is -2.05. The van der Waals surface area contributed by atoms with E-state index >= 15 is 0 Å². The first kappa shape index (κ1) is 12.2. The van der Waals surface area contributed by atoms with Gasteiger partial charge in [0.05, 0.1) is 0 Å². The normalized spacial score (nSPS) is 12.3. The van der Waals surface area contributed by atoms with E-state index in [-0.39, 0.29) is 12.4 Å². The summed E-state index contributed by atoms with van der Waals surface area (Å²) in [4.78, 5) is 0. The van der Waals surface area contributed by atoms with Crippen molar-refractivity contribution in [2.75, 3.05) is 5.88 Å². The molecule has 3 heteroatoms. The standard InChI is InChI=1S/C6H14ClN.ClH/c1-2-3-6(8)4-5-7;/h6H,2-5,8H2,1H3;1H/t6-;/m1./s1. The first-order valence-electron chi connectivity index (χ1n) is 3.12. The second-order valence-electron chi connectivity index (χ2n) is 2.03. The highest BCUT2D eigenvalue weighted by Crippen LogP contribution is 1.98. The molecule has 0 fully saturated rings. The smallest absolute Gasteiger partial charge is 0.0238 e. The lowest BCUT2D eigenvalue weighted by atomic mass is 10.1. The predicted molar refractivity (Wildman–Crippen MR) is 45.5 cm³/mol. The van der Waals surface area contributed by atoms with Crippen LogP contribution in [-0.4, -0.2) is 11.9 Å². The average Bonchev–Trinajstić information content (AvgIpc) is 1.68. The van der Waals surface area contributed by atoms with Crippen LogP contribution in [0.3, 0.4) is 0 Å². The van der Waals surface area contributed by atoms with E-state index in [9.17, 15) is 0 Å². The monoisotopic (exact) mass is 171 g/mol. The summed E-state index contributed by atoms with van der Waals surface area (Å²) in [5.74, 6) is 0.696. The van der Waals surface area contributed by atoms with Crippen LogP contribution in [0, 0.1) is 0 Å². The Labute approximate surface area is 68.4 Å². The summed E-state index contributed by atoms with van der Waals surface area (Å²) in [7, 11) is 0. The van der Waals surface area contributed by atoms with E-state index in [4.69, 9.17) is 17.3 Å². The zero-order valence-corrected chi connectivity index (χ0v) is 7.34. The number of nitrogens with two attached hydrogens (primary N) is 1. The van der Waals surface area contributed by atoms with Gasteiger partial charge in [-0.3, -0.25) is 0 Å². The number of alkyl halides is 1. The van der Waals surface area contributed by atoms with E-state index in [1.54, 1.807) is 0 Å². The molecular formula is C6H15Cl2N. The highest BCUT2D eigenvalue weighted by atomic mass is 35.5. The van der Waals surface area contributed by atoms with Gasteiger partial charge >= 0.3 is 0 Å². The topological polar surface area (TPSA) is 26.0 Å². The highest BCUT2D eigenvalue weighted by molar-refractivity contribution is 6.17. The fourth-order valence-electron chi connectivity index (χ4n) is 0.655. The van der Waals surface area contributed by atoms with Gasteiger partial charge in [0.1, 0.15) is 0 Å². The van der Waals surface area contributed by atoms with Gasteiger partial charge in [-0.15, -0.1) is 24.0 Å². The molecule has 9 heavy (non-hydrogen) atoms. The zero-order chi connectivity index (χ0) is 6.41. The molecule has 0 aromatic heterocycles. The first-order chi connectivity index (χ1) is 3.81. The Bertz CT molecular complexity index is 44.3. The molecule has 0 aromatic rings. The molecular weight excluding hydrogens is 157 g/mol. The third-order valence-electron chi connectivity index (χ3n) is 1.14. The van der Waals surface area contributed by atoms with Crippen LogP contribution < -0.4 is 5.73 Å². The van der Waals surface area contributed by atoms with E-state index in [1.165, 1.54) is 0 Å². The van der Waals surface area contributed by atoms with Crippen molar-refractivity contribution in [3.63, 3.8) is 0 Å². The van der Waals surface area contributed by atoms with Crippen molar-refractivity contribution in [1.29, 1.82) is 0 Å². The third kappa shape index (κ3) is 8.54. The molecule has 1 nitrogen and oxygen atoms in total. The van der Waals surface area contributed by atoms with Gasteiger partial charge in [-0.1, -0.05) is 13.3 Å². The Hall–Kier alpha value is 0.540. The van der Waals surface area contributed by atoms with Gasteiger partial charge in [-0.2, -0.15) is 0 Å². The summed E-state index contributed by atoms with van der Waals surface area (Å²) in [6, 6.07) is 0.331. The molecule has 1 atom stereocenters. The predicted octanol–water partition coefficient (Wildman–Crippen LogP) is 2.16. The molecule has 0 spiro atoms. The molecule has 0 heterocycles. The van der Waals surface area contributed by atoms with Crippen LogP contribution >= 0.6 is 24.0 Å². The molecule has 0 bridgehead atoms. The van der Waals surface area contributed by atoms with Crippen molar-refractivity contribution in [3.8, 4) is 0 Å². The number of hydrogen-bond acceptors (Lipinski definition) is 1. The third-order valence-corrected chi connectivity index (χ3v) is 1.36. The van der Waals surface area contributed by atoms with Gasteiger partial charge in [0.2, 0.25) is 0 Å². The number of halogens is 2. The molecule has 0 saturated heterocycles. The maximum Gasteiger partial charge on any atom is 0.0238 e. The summed E-state index contributed by atoms with van der Waals surface area (Å²) >= 11 is 5.45. The van der Waals surface area contributed by atoms with Gasteiger partial charge in [0.25, 0.3) is 0 Å². The minimum absolute atomic E-state index is 0. The lowest BCUT2D eigenvalue weighted by Crippen LogP contribution is -2.19. The van der Waals surface area contributed by atoms with Crippen LogP contribution in [0.15, 0.2) is 0 Å². The molecule has 0 radical (unpaired) electrons. The SMILES string of the molecule is CCC[C@@H](N)CCCl.Cl. The first-order valence-corrected chi connectivity index (χ1v) is 3.66. The van der Waals surface area contributed by atoms with Gasteiger partial charge in [-0.25, -0.2) is 0 Å². The van der Waals surface area contributed by atoms with Crippen LogP contribution in [0.2, 0.25) is 0 Å². The summed E-state index contributed by atoms with van der Waals surface area (Å²) < 4.78 is 0. The quantitative estimate of drug-likeness (QED) is 0.646. The molecule has 0 rings (SSSR count). The molecule has 0 aliphatic carbocycles. The Morgan fingerprint density at radius 2 is 2.00 bits per heavy atom. The molecule has 58 valence electrons. The van der Waals surface area contributed by atoms with Crippen LogP contribution in [0.1, 0.15) is 26.2 Å². The maximum atomic E-state index is 5.61. The van der Waals surface area contributed by atoms with Crippen LogP contribution in [-0.2, 0) is 0 Å². The average molecular weight is 172 g/mol. The zero-order valence-electron chi connectivity index (χ0n) is 5.77. The largest absolute Gasteiger partial charge is 0.328 e. The number of rotatable bonds is 4. The molecule has 0 amide bonds. The van der Waals surface area contributed by atoms with Gasteiger partial charge in [0, 0.05) is 11.9 Å². The van der Waals surface area contributed by atoms with Crippen molar-refractivity contribution in [3.05, 3.63) is 0 Å². The van der Waals surface area contributed by atoms with Crippen LogP contribution in [0.25, 0.3) is 0 Å². The van der Waals surface area contributed by atoms with Crippen molar-refractivity contribution >= 4 is 24.0 Å². The molecule has 0 unspecified atom stereocenters. The van der Waals surface area contributed by atoms with Gasteiger partial charge in [-0.05, 0) is 12.8 Å². The lowest BCUT2D eigenvalue weighted by molar-refractivity contribution is 0.589. The minimum Gasteiger partial charge on any atom is -0.328 e. The summed E-state index contributed by atoms with van der Waals surface area (Å²) in [5.41, 5.74) is 5.61. The minimum atomic E-state index is 0. The van der Waals surface area contributed by atoms with Crippen LogP contribution in [0.5, 0.6) is 0 Å². The van der Waals surface area contributed by atoms with E-state index < -0.39 is 0 Å². The van der Waals surface area contributed by atoms with Crippen molar-refractivity contribution in [2.45, 2.75) is 32.2 Å². The maximum absolute atomic E-state index is 5.61. The fourth-order valence-corrected chi connectivity index (χ4v) is 0.936. The van der Waals surface area contributed by atoms with Gasteiger partial charge < -0.3 is 5.73 Å².